The standard InChI is InChI=1S/C23H28N4O4/c1-14-9-18(16(3)27(14)15(2)13-30-5)10-19(12-24)23(29)26-20-7-8-22(31-6)21(11-20)25-17(4)28/h7-11,15H,13H2,1-6H3,(H,25,28)(H,26,29)/b19-10-. The average Bonchev–Trinajstić information content (AvgIpc) is 2.99. The van der Waals surface area contributed by atoms with E-state index in [4.69, 9.17) is 9.47 Å². The number of aromatic nitrogens is 1. The topological polar surface area (TPSA) is 105 Å². The zero-order chi connectivity index (χ0) is 23.1. The fourth-order valence-electron chi connectivity index (χ4n) is 3.52. The second-order valence-electron chi connectivity index (χ2n) is 7.22. The monoisotopic (exact) mass is 424 g/mol. The van der Waals surface area contributed by atoms with Crippen LogP contribution in [-0.2, 0) is 14.3 Å². The maximum absolute atomic E-state index is 12.7. The van der Waals surface area contributed by atoms with Gasteiger partial charge in [-0.05, 0) is 56.7 Å². The lowest BCUT2D eigenvalue weighted by Gasteiger charge is -2.17. The largest absolute Gasteiger partial charge is 0.495 e. The Balaban J connectivity index is 2.31. The van der Waals surface area contributed by atoms with Gasteiger partial charge in [-0.25, -0.2) is 0 Å². The summed E-state index contributed by atoms with van der Waals surface area (Å²) in [5.41, 5.74) is 3.57. The molecule has 0 spiro atoms. The number of nitriles is 1. The van der Waals surface area contributed by atoms with Gasteiger partial charge in [-0.1, -0.05) is 0 Å². The smallest absolute Gasteiger partial charge is 0.266 e. The Morgan fingerprint density at radius 1 is 1.23 bits per heavy atom. The molecule has 2 amide bonds. The summed E-state index contributed by atoms with van der Waals surface area (Å²) in [6, 6.07) is 8.87. The fraction of sp³-hybridized carbons (Fsp3) is 0.348. The zero-order valence-electron chi connectivity index (χ0n) is 18.7. The van der Waals surface area contributed by atoms with Gasteiger partial charge in [-0.15, -0.1) is 0 Å². The molecule has 2 N–H and O–H groups in total. The van der Waals surface area contributed by atoms with Crippen LogP contribution in [0, 0.1) is 25.2 Å². The van der Waals surface area contributed by atoms with Gasteiger partial charge in [0.15, 0.2) is 0 Å². The van der Waals surface area contributed by atoms with Crippen molar-refractivity contribution in [2.75, 3.05) is 31.5 Å². The number of aryl methyl sites for hydroxylation is 1. The van der Waals surface area contributed by atoms with Crippen LogP contribution in [0.25, 0.3) is 6.08 Å². The lowest BCUT2D eigenvalue weighted by Crippen LogP contribution is -2.15. The molecule has 1 heterocycles. The highest BCUT2D eigenvalue weighted by Gasteiger charge is 2.16. The van der Waals surface area contributed by atoms with E-state index < -0.39 is 5.91 Å². The van der Waals surface area contributed by atoms with Gasteiger partial charge in [0.1, 0.15) is 17.4 Å². The maximum Gasteiger partial charge on any atom is 0.266 e. The molecule has 0 fully saturated rings. The summed E-state index contributed by atoms with van der Waals surface area (Å²) >= 11 is 0. The van der Waals surface area contributed by atoms with Crippen molar-refractivity contribution in [2.45, 2.75) is 33.7 Å². The minimum absolute atomic E-state index is 0.0310. The summed E-state index contributed by atoms with van der Waals surface area (Å²) in [7, 11) is 3.14. The van der Waals surface area contributed by atoms with Crippen molar-refractivity contribution in [3.63, 3.8) is 0 Å². The van der Waals surface area contributed by atoms with Crippen LogP contribution >= 0.6 is 0 Å². The molecule has 0 aliphatic heterocycles. The molecule has 2 rings (SSSR count). The summed E-state index contributed by atoms with van der Waals surface area (Å²) in [4.78, 5) is 24.1. The minimum Gasteiger partial charge on any atom is -0.495 e. The number of hydrogen-bond donors (Lipinski definition) is 2. The Bertz CT molecular complexity index is 1050. The van der Waals surface area contributed by atoms with E-state index in [0.29, 0.717) is 23.7 Å². The first kappa shape index (κ1) is 23.7. The van der Waals surface area contributed by atoms with Gasteiger partial charge in [-0.2, -0.15) is 5.26 Å². The Labute approximate surface area is 182 Å². The molecule has 164 valence electrons. The first-order valence-electron chi connectivity index (χ1n) is 9.77. The van der Waals surface area contributed by atoms with Gasteiger partial charge >= 0.3 is 0 Å². The van der Waals surface area contributed by atoms with Crippen molar-refractivity contribution in [2.24, 2.45) is 0 Å². The van der Waals surface area contributed by atoms with Crippen LogP contribution in [0.3, 0.4) is 0 Å². The molecule has 0 saturated heterocycles. The van der Waals surface area contributed by atoms with E-state index in [9.17, 15) is 14.9 Å². The molecule has 8 heteroatoms. The summed E-state index contributed by atoms with van der Waals surface area (Å²) < 4.78 is 12.6. The number of carbonyl (C=O) groups excluding carboxylic acids is 2. The third-order valence-electron chi connectivity index (χ3n) is 4.81. The van der Waals surface area contributed by atoms with Gasteiger partial charge in [0.2, 0.25) is 5.91 Å². The van der Waals surface area contributed by atoms with E-state index in [-0.39, 0.29) is 17.5 Å². The lowest BCUT2D eigenvalue weighted by atomic mass is 10.1. The highest BCUT2D eigenvalue weighted by atomic mass is 16.5. The predicted octanol–water partition coefficient (Wildman–Crippen LogP) is 3.83. The number of benzene rings is 1. The highest BCUT2D eigenvalue weighted by Crippen LogP contribution is 2.28. The Hall–Kier alpha value is -3.57. The number of methoxy groups -OCH3 is 2. The van der Waals surface area contributed by atoms with E-state index in [1.807, 2.05) is 32.9 Å². The summed E-state index contributed by atoms with van der Waals surface area (Å²) in [5, 5.41) is 14.9. The first-order valence-corrected chi connectivity index (χ1v) is 9.77. The van der Waals surface area contributed by atoms with E-state index in [1.54, 1.807) is 31.4 Å². The van der Waals surface area contributed by atoms with Crippen LogP contribution in [0.15, 0.2) is 29.8 Å². The number of carbonyl (C=O) groups is 2. The SMILES string of the molecule is COCC(C)n1c(C)cc(/C=C(/C#N)C(=O)Nc2ccc(OC)c(NC(C)=O)c2)c1C. The first-order chi connectivity index (χ1) is 14.7. The molecule has 0 saturated carbocycles. The normalized spacial score (nSPS) is 12.1. The highest BCUT2D eigenvalue weighted by molar-refractivity contribution is 6.10. The lowest BCUT2D eigenvalue weighted by molar-refractivity contribution is -0.114. The van der Waals surface area contributed by atoms with E-state index in [0.717, 1.165) is 17.0 Å². The summed E-state index contributed by atoms with van der Waals surface area (Å²) in [6.07, 6.45) is 1.58. The molecule has 1 unspecified atom stereocenters. The third-order valence-corrected chi connectivity index (χ3v) is 4.81. The average molecular weight is 425 g/mol. The molecule has 0 radical (unpaired) electrons. The molecule has 1 atom stereocenters. The molecule has 2 aromatic rings. The quantitative estimate of drug-likeness (QED) is 0.495. The summed E-state index contributed by atoms with van der Waals surface area (Å²) in [6.45, 7) is 7.90. The van der Waals surface area contributed by atoms with Crippen molar-refractivity contribution in [3.8, 4) is 11.8 Å². The second kappa shape index (κ2) is 10.5. The van der Waals surface area contributed by atoms with Crippen molar-refractivity contribution in [3.05, 3.63) is 46.8 Å². The number of ether oxygens (including phenoxy) is 2. The molecular weight excluding hydrogens is 396 g/mol. The van der Waals surface area contributed by atoms with Crippen molar-refractivity contribution < 1.29 is 19.1 Å². The second-order valence-corrected chi connectivity index (χ2v) is 7.22. The number of nitrogens with one attached hydrogen (secondary N) is 2. The molecule has 0 aliphatic rings. The predicted molar refractivity (Wildman–Crippen MR) is 120 cm³/mol. The van der Waals surface area contributed by atoms with Gasteiger partial charge < -0.3 is 24.7 Å². The number of amides is 2. The molecule has 1 aromatic heterocycles. The number of anilines is 2. The van der Waals surface area contributed by atoms with Gasteiger partial charge in [-0.3, -0.25) is 9.59 Å². The van der Waals surface area contributed by atoms with E-state index >= 15 is 0 Å². The molecule has 31 heavy (non-hydrogen) atoms. The Morgan fingerprint density at radius 3 is 2.52 bits per heavy atom. The Morgan fingerprint density at radius 2 is 1.94 bits per heavy atom. The van der Waals surface area contributed by atoms with Gasteiger partial charge in [0, 0.05) is 31.1 Å². The third kappa shape index (κ3) is 5.74. The molecule has 1 aromatic carbocycles. The summed E-state index contributed by atoms with van der Waals surface area (Å²) in [5.74, 6) is -0.351. The van der Waals surface area contributed by atoms with Crippen molar-refractivity contribution in [1.29, 1.82) is 5.26 Å². The Kier molecular flexibility index (Phi) is 8.00. The number of nitrogens with zero attached hydrogens (tertiary/aromatic N) is 2. The number of rotatable bonds is 8. The van der Waals surface area contributed by atoms with Crippen LogP contribution in [0.2, 0.25) is 0 Å². The fourth-order valence-corrected chi connectivity index (χ4v) is 3.52. The van der Waals surface area contributed by atoms with Crippen LogP contribution in [0.4, 0.5) is 11.4 Å². The van der Waals surface area contributed by atoms with Crippen LogP contribution in [0.5, 0.6) is 5.75 Å². The maximum atomic E-state index is 12.7. The van der Waals surface area contributed by atoms with Crippen molar-refractivity contribution >= 4 is 29.3 Å². The van der Waals surface area contributed by atoms with Crippen molar-refractivity contribution in [1.82, 2.24) is 4.57 Å². The molecular formula is C23H28N4O4. The molecule has 8 nitrogen and oxygen atoms in total. The molecule has 0 aliphatic carbocycles. The van der Waals surface area contributed by atoms with Crippen LogP contribution in [-0.4, -0.2) is 37.2 Å². The van der Waals surface area contributed by atoms with E-state index in [2.05, 4.69) is 15.2 Å². The van der Waals surface area contributed by atoms with Crippen LogP contribution < -0.4 is 15.4 Å². The zero-order valence-corrected chi connectivity index (χ0v) is 18.7. The minimum atomic E-state index is -0.545. The van der Waals surface area contributed by atoms with Gasteiger partial charge in [0.05, 0.1) is 25.4 Å². The van der Waals surface area contributed by atoms with Crippen LogP contribution in [0.1, 0.15) is 36.8 Å². The van der Waals surface area contributed by atoms with E-state index in [1.165, 1.54) is 14.0 Å². The van der Waals surface area contributed by atoms with Gasteiger partial charge in [0.25, 0.3) is 5.91 Å². The molecule has 0 bridgehead atoms. The number of hydrogen-bond acceptors (Lipinski definition) is 5.